The molecule has 1 aromatic heterocycles. The van der Waals surface area contributed by atoms with Crippen molar-refractivity contribution >= 4 is 17.7 Å². The molecule has 1 aromatic carbocycles. The van der Waals surface area contributed by atoms with Gasteiger partial charge in [0.15, 0.2) is 0 Å². The van der Waals surface area contributed by atoms with E-state index in [4.69, 9.17) is 4.52 Å². The summed E-state index contributed by atoms with van der Waals surface area (Å²) in [5.74, 6) is -2.71. The molecule has 0 aliphatic carbocycles. The summed E-state index contributed by atoms with van der Waals surface area (Å²) < 4.78 is 43.0. The van der Waals surface area contributed by atoms with Crippen molar-refractivity contribution in [2.24, 2.45) is 0 Å². The zero-order chi connectivity index (χ0) is 18.0. The van der Waals surface area contributed by atoms with Crippen molar-refractivity contribution in [1.29, 1.82) is 0 Å². The van der Waals surface area contributed by atoms with Crippen LogP contribution >= 0.6 is 0 Å². The first-order valence-corrected chi connectivity index (χ1v) is 7.56. The number of alkyl halides is 3. The molecule has 1 saturated heterocycles. The number of halogens is 3. The van der Waals surface area contributed by atoms with E-state index in [9.17, 15) is 22.8 Å². The molecule has 1 fully saturated rings. The molecule has 1 N–H and O–H groups in total. The molecule has 1 unspecified atom stereocenters. The molecule has 0 bridgehead atoms. The number of aromatic nitrogens is 1. The largest absolute Gasteiger partial charge is 0.471 e. The summed E-state index contributed by atoms with van der Waals surface area (Å²) in [6.07, 6.45) is -3.13. The standard InChI is InChI=1S/C16H14F3N3O3/c17-16(18,19)15(24)22-8-4-7-12(22)13(23)21-14-11(9-20-25-14)10-5-2-1-3-6-10/h1-3,5-6,9,12H,4,7-8H2,(H,21,23). The Balaban J connectivity index is 1.77. The summed E-state index contributed by atoms with van der Waals surface area (Å²) in [4.78, 5) is 24.4. The molecule has 6 nitrogen and oxygen atoms in total. The fourth-order valence-electron chi connectivity index (χ4n) is 2.79. The van der Waals surface area contributed by atoms with Gasteiger partial charge in [-0.15, -0.1) is 0 Å². The van der Waals surface area contributed by atoms with E-state index in [0.29, 0.717) is 16.9 Å². The van der Waals surface area contributed by atoms with Gasteiger partial charge in [0, 0.05) is 6.54 Å². The van der Waals surface area contributed by atoms with Crippen LogP contribution in [0.3, 0.4) is 0 Å². The van der Waals surface area contributed by atoms with Gasteiger partial charge in [0.1, 0.15) is 6.04 Å². The first kappa shape index (κ1) is 17.0. The highest BCUT2D eigenvalue weighted by molar-refractivity contribution is 5.99. The van der Waals surface area contributed by atoms with Crippen molar-refractivity contribution in [3.05, 3.63) is 36.5 Å². The molecule has 2 aromatic rings. The zero-order valence-electron chi connectivity index (χ0n) is 12.9. The highest BCUT2D eigenvalue weighted by Crippen LogP contribution is 2.30. The minimum Gasteiger partial charge on any atom is -0.338 e. The van der Waals surface area contributed by atoms with Crippen LogP contribution < -0.4 is 5.32 Å². The number of likely N-dealkylation sites (tertiary alicyclic amines) is 1. The predicted octanol–water partition coefficient (Wildman–Crippen LogP) is 2.83. The average Bonchev–Trinajstić information content (AvgIpc) is 3.23. The molecule has 132 valence electrons. The van der Waals surface area contributed by atoms with Gasteiger partial charge in [0.05, 0.1) is 11.8 Å². The summed E-state index contributed by atoms with van der Waals surface area (Å²) in [5, 5.41) is 6.06. The quantitative estimate of drug-likeness (QED) is 0.921. The maximum Gasteiger partial charge on any atom is 0.471 e. The summed E-state index contributed by atoms with van der Waals surface area (Å²) in [6, 6.07) is 7.74. The summed E-state index contributed by atoms with van der Waals surface area (Å²) >= 11 is 0. The van der Waals surface area contributed by atoms with Gasteiger partial charge in [-0.05, 0) is 18.4 Å². The molecule has 0 radical (unpaired) electrons. The second-order valence-corrected chi connectivity index (χ2v) is 5.58. The van der Waals surface area contributed by atoms with Gasteiger partial charge in [-0.3, -0.25) is 14.9 Å². The van der Waals surface area contributed by atoms with Gasteiger partial charge in [0.25, 0.3) is 0 Å². The molecule has 1 aliphatic rings. The fraction of sp³-hybridized carbons (Fsp3) is 0.312. The minimum absolute atomic E-state index is 0.0301. The van der Waals surface area contributed by atoms with E-state index in [2.05, 4.69) is 10.5 Å². The topological polar surface area (TPSA) is 75.4 Å². The number of benzene rings is 1. The maximum atomic E-state index is 12.6. The highest BCUT2D eigenvalue weighted by atomic mass is 19.4. The second-order valence-electron chi connectivity index (χ2n) is 5.58. The molecular weight excluding hydrogens is 339 g/mol. The number of carbonyl (C=O) groups is 2. The molecule has 1 atom stereocenters. The molecule has 1 aliphatic heterocycles. The Morgan fingerprint density at radius 1 is 1.24 bits per heavy atom. The average molecular weight is 353 g/mol. The SMILES string of the molecule is O=C(Nc1oncc1-c1ccccc1)C1CCCN1C(=O)C(F)(F)F. The van der Waals surface area contributed by atoms with Crippen LogP contribution in [0.5, 0.6) is 0 Å². The highest BCUT2D eigenvalue weighted by Gasteiger charge is 2.47. The number of carbonyl (C=O) groups excluding carboxylic acids is 2. The zero-order valence-corrected chi connectivity index (χ0v) is 12.9. The van der Waals surface area contributed by atoms with E-state index in [0.717, 1.165) is 5.56 Å². The molecule has 2 heterocycles. The lowest BCUT2D eigenvalue weighted by molar-refractivity contribution is -0.186. The van der Waals surface area contributed by atoms with Crippen LogP contribution in [0, 0.1) is 0 Å². The Labute approximate surface area is 140 Å². The maximum absolute atomic E-state index is 12.6. The van der Waals surface area contributed by atoms with E-state index >= 15 is 0 Å². The molecule has 2 amide bonds. The lowest BCUT2D eigenvalue weighted by Crippen LogP contribution is -2.48. The van der Waals surface area contributed by atoms with Crippen LogP contribution in [-0.4, -0.2) is 40.6 Å². The van der Waals surface area contributed by atoms with Gasteiger partial charge in [-0.25, -0.2) is 0 Å². The van der Waals surface area contributed by atoms with E-state index in [-0.39, 0.29) is 18.8 Å². The molecular formula is C16H14F3N3O3. The van der Waals surface area contributed by atoms with Crippen molar-refractivity contribution < 1.29 is 27.3 Å². The molecule has 0 saturated carbocycles. The third-order valence-electron chi connectivity index (χ3n) is 3.95. The first-order chi connectivity index (χ1) is 11.9. The molecule has 25 heavy (non-hydrogen) atoms. The fourth-order valence-corrected chi connectivity index (χ4v) is 2.79. The van der Waals surface area contributed by atoms with Gasteiger partial charge in [-0.2, -0.15) is 13.2 Å². The number of rotatable bonds is 3. The van der Waals surface area contributed by atoms with Gasteiger partial charge in [0.2, 0.25) is 11.8 Å². The monoisotopic (exact) mass is 353 g/mol. The van der Waals surface area contributed by atoms with Crippen LogP contribution in [0.2, 0.25) is 0 Å². The van der Waals surface area contributed by atoms with Crippen molar-refractivity contribution in [2.75, 3.05) is 11.9 Å². The summed E-state index contributed by atoms with van der Waals surface area (Å²) in [6.45, 7) is -0.113. The lowest BCUT2D eigenvalue weighted by Gasteiger charge is -2.24. The van der Waals surface area contributed by atoms with Crippen LogP contribution in [0.25, 0.3) is 11.1 Å². The minimum atomic E-state index is -5.01. The van der Waals surface area contributed by atoms with E-state index in [1.807, 2.05) is 6.07 Å². The van der Waals surface area contributed by atoms with Crippen LogP contribution in [0.15, 0.2) is 41.1 Å². The predicted molar refractivity (Wildman–Crippen MR) is 81.4 cm³/mol. The Bertz CT molecular complexity index is 774. The Morgan fingerprint density at radius 3 is 2.64 bits per heavy atom. The Morgan fingerprint density at radius 2 is 1.96 bits per heavy atom. The van der Waals surface area contributed by atoms with Crippen molar-refractivity contribution in [2.45, 2.75) is 25.1 Å². The third kappa shape index (κ3) is 3.49. The summed E-state index contributed by atoms with van der Waals surface area (Å²) in [5.41, 5.74) is 1.23. The van der Waals surface area contributed by atoms with Crippen molar-refractivity contribution in [3.8, 4) is 11.1 Å². The van der Waals surface area contributed by atoms with Crippen LogP contribution in [0.1, 0.15) is 12.8 Å². The van der Waals surface area contributed by atoms with E-state index < -0.39 is 24.0 Å². The van der Waals surface area contributed by atoms with Gasteiger partial charge >= 0.3 is 12.1 Å². The lowest BCUT2D eigenvalue weighted by atomic mass is 10.1. The summed E-state index contributed by atoms with van der Waals surface area (Å²) in [7, 11) is 0. The van der Waals surface area contributed by atoms with Crippen LogP contribution in [0.4, 0.5) is 19.1 Å². The number of hydrogen-bond donors (Lipinski definition) is 1. The molecule has 9 heteroatoms. The second kappa shape index (κ2) is 6.58. The number of nitrogens with one attached hydrogen (secondary N) is 1. The molecule has 0 spiro atoms. The normalized spacial score (nSPS) is 17.6. The number of hydrogen-bond acceptors (Lipinski definition) is 4. The first-order valence-electron chi connectivity index (χ1n) is 7.56. The number of nitrogens with zero attached hydrogens (tertiary/aromatic N) is 2. The molecule has 3 rings (SSSR count). The van der Waals surface area contributed by atoms with Crippen molar-refractivity contribution in [3.63, 3.8) is 0 Å². The van der Waals surface area contributed by atoms with E-state index in [1.54, 1.807) is 24.3 Å². The Hall–Kier alpha value is -2.84. The smallest absolute Gasteiger partial charge is 0.338 e. The van der Waals surface area contributed by atoms with E-state index in [1.165, 1.54) is 6.20 Å². The number of anilines is 1. The Kier molecular flexibility index (Phi) is 4.47. The van der Waals surface area contributed by atoms with Crippen LogP contribution in [-0.2, 0) is 9.59 Å². The van der Waals surface area contributed by atoms with Gasteiger partial charge < -0.3 is 9.42 Å². The number of amides is 2. The van der Waals surface area contributed by atoms with Crippen molar-refractivity contribution in [1.82, 2.24) is 10.1 Å². The third-order valence-corrected chi connectivity index (χ3v) is 3.95. The van der Waals surface area contributed by atoms with Gasteiger partial charge in [-0.1, -0.05) is 35.5 Å².